The molecule has 1 heterocycles. The highest BCUT2D eigenvalue weighted by Crippen LogP contribution is 2.38. The van der Waals surface area contributed by atoms with Gasteiger partial charge in [-0.2, -0.15) is 4.98 Å². The number of benzene rings is 1. The molecule has 1 aliphatic carbocycles. The molecule has 3 rings (SSSR count). The van der Waals surface area contributed by atoms with E-state index >= 15 is 0 Å². The van der Waals surface area contributed by atoms with Gasteiger partial charge in [0.1, 0.15) is 5.82 Å². The highest BCUT2D eigenvalue weighted by Gasteiger charge is 2.28. The second kappa shape index (κ2) is 5.24. The summed E-state index contributed by atoms with van der Waals surface area (Å²) in [7, 11) is 0. The Morgan fingerprint density at radius 1 is 1.50 bits per heavy atom. The molecule has 0 unspecified atom stereocenters. The highest BCUT2D eigenvalue weighted by molar-refractivity contribution is 7.98. The molecule has 1 aliphatic rings. The van der Waals surface area contributed by atoms with E-state index < -0.39 is 11.8 Å². The van der Waals surface area contributed by atoms with E-state index in [-0.39, 0.29) is 10.5 Å². The van der Waals surface area contributed by atoms with Crippen LogP contribution in [0.15, 0.2) is 27.6 Å². The quantitative estimate of drug-likeness (QED) is 0.854. The van der Waals surface area contributed by atoms with Crippen molar-refractivity contribution in [3.8, 4) is 0 Å². The van der Waals surface area contributed by atoms with Crippen molar-refractivity contribution in [2.45, 2.75) is 29.4 Å². The standard InChI is InChI=1S/C13H11FN2O3S/c14-9-4-3-8(13(17)18)5-10(9)20-6-11-15-12(16-19-11)7-1-2-7/h3-5,7H,1-2,6H2,(H,17,18). The van der Waals surface area contributed by atoms with E-state index in [2.05, 4.69) is 10.1 Å². The minimum Gasteiger partial charge on any atom is -0.478 e. The van der Waals surface area contributed by atoms with E-state index in [0.29, 0.717) is 23.4 Å². The van der Waals surface area contributed by atoms with E-state index in [9.17, 15) is 9.18 Å². The van der Waals surface area contributed by atoms with Crippen LogP contribution in [0.2, 0.25) is 0 Å². The Morgan fingerprint density at radius 3 is 3.00 bits per heavy atom. The Kier molecular flexibility index (Phi) is 3.43. The Labute approximate surface area is 118 Å². The monoisotopic (exact) mass is 294 g/mol. The molecule has 7 heteroatoms. The third kappa shape index (κ3) is 2.82. The fourth-order valence-corrected chi connectivity index (χ4v) is 2.53. The lowest BCUT2D eigenvalue weighted by atomic mass is 10.2. The predicted molar refractivity (Wildman–Crippen MR) is 69.2 cm³/mol. The van der Waals surface area contributed by atoms with Crippen LogP contribution < -0.4 is 0 Å². The van der Waals surface area contributed by atoms with Gasteiger partial charge in [-0.3, -0.25) is 0 Å². The summed E-state index contributed by atoms with van der Waals surface area (Å²) in [4.78, 5) is 15.3. The fraction of sp³-hybridized carbons (Fsp3) is 0.308. The summed E-state index contributed by atoms with van der Waals surface area (Å²) in [5.74, 6) is 0.323. The van der Waals surface area contributed by atoms with E-state index in [4.69, 9.17) is 9.63 Å². The van der Waals surface area contributed by atoms with Gasteiger partial charge in [0, 0.05) is 10.8 Å². The number of carboxylic acid groups (broad SMARTS) is 1. The van der Waals surface area contributed by atoms with Crippen LogP contribution in [0.1, 0.15) is 40.8 Å². The Bertz CT molecular complexity index is 655. The SMILES string of the molecule is O=C(O)c1ccc(F)c(SCc2nc(C3CC3)no2)c1. The average molecular weight is 294 g/mol. The molecule has 20 heavy (non-hydrogen) atoms. The lowest BCUT2D eigenvalue weighted by Crippen LogP contribution is -1.97. The van der Waals surface area contributed by atoms with Gasteiger partial charge < -0.3 is 9.63 Å². The van der Waals surface area contributed by atoms with Crippen LogP contribution in [-0.2, 0) is 5.75 Å². The molecule has 0 amide bonds. The number of hydrogen-bond acceptors (Lipinski definition) is 5. The zero-order chi connectivity index (χ0) is 14.1. The molecule has 2 aromatic rings. The Balaban J connectivity index is 1.70. The number of aromatic carboxylic acids is 1. The average Bonchev–Trinajstić information content (AvgIpc) is 3.17. The number of carboxylic acids is 1. The van der Waals surface area contributed by atoms with Crippen molar-refractivity contribution in [2.24, 2.45) is 0 Å². The number of rotatable bonds is 5. The van der Waals surface area contributed by atoms with Crippen LogP contribution in [0, 0.1) is 5.82 Å². The second-order valence-corrected chi connectivity index (χ2v) is 5.58. The first-order valence-electron chi connectivity index (χ1n) is 6.11. The molecular formula is C13H11FN2O3S. The molecule has 5 nitrogen and oxygen atoms in total. The van der Waals surface area contributed by atoms with Gasteiger partial charge in [0.25, 0.3) is 0 Å². The van der Waals surface area contributed by atoms with Crippen LogP contribution in [-0.4, -0.2) is 21.2 Å². The maximum atomic E-state index is 13.6. The third-order valence-corrected chi connectivity index (χ3v) is 3.97. The minimum absolute atomic E-state index is 0.0538. The van der Waals surface area contributed by atoms with Crippen LogP contribution in [0.5, 0.6) is 0 Å². The highest BCUT2D eigenvalue weighted by atomic mass is 32.2. The van der Waals surface area contributed by atoms with Crippen LogP contribution >= 0.6 is 11.8 Å². The summed E-state index contributed by atoms with van der Waals surface area (Å²) in [6, 6.07) is 3.69. The van der Waals surface area contributed by atoms with E-state index in [1.165, 1.54) is 12.1 Å². The number of carbonyl (C=O) groups is 1. The lowest BCUT2D eigenvalue weighted by Gasteiger charge is -2.02. The molecule has 0 bridgehead atoms. The largest absolute Gasteiger partial charge is 0.478 e. The number of hydrogen-bond donors (Lipinski definition) is 1. The van der Waals surface area contributed by atoms with Gasteiger partial charge in [0.15, 0.2) is 5.82 Å². The summed E-state index contributed by atoms with van der Waals surface area (Å²) in [5, 5.41) is 12.8. The molecule has 1 N–H and O–H groups in total. The first-order valence-corrected chi connectivity index (χ1v) is 7.10. The first-order chi connectivity index (χ1) is 9.63. The zero-order valence-electron chi connectivity index (χ0n) is 10.4. The summed E-state index contributed by atoms with van der Waals surface area (Å²) >= 11 is 1.14. The lowest BCUT2D eigenvalue weighted by molar-refractivity contribution is 0.0696. The van der Waals surface area contributed by atoms with Gasteiger partial charge in [-0.25, -0.2) is 9.18 Å². The van der Waals surface area contributed by atoms with Crippen molar-refractivity contribution in [3.63, 3.8) is 0 Å². The molecule has 0 radical (unpaired) electrons. The van der Waals surface area contributed by atoms with E-state index in [0.717, 1.165) is 30.7 Å². The van der Waals surface area contributed by atoms with Gasteiger partial charge in [-0.1, -0.05) is 5.16 Å². The summed E-state index contributed by atoms with van der Waals surface area (Å²) in [6.07, 6.45) is 2.17. The van der Waals surface area contributed by atoms with Gasteiger partial charge in [0.2, 0.25) is 5.89 Å². The smallest absolute Gasteiger partial charge is 0.335 e. The molecule has 1 aromatic heterocycles. The predicted octanol–water partition coefficient (Wildman–Crippen LogP) is 3.08. The van der Waals surface area contributed by atoms with Crippen molar-refractivity contribution < 1.29 is 18.8 Å². The molecule has 104 valence electrons. The van der Waals surface area contributed by atoms with Crippen LogP contribution in [0.3, 0.4) is 0 Å². The van der Waals surface area contributed by atoms with Crippen molar-refractivity contribution >= 4 is 17.7 Å². The topological polar surface area (TPSA) is 76.2 Å². The van der Waals surface area contributed by atoms with E-state index in [1.54, 1.807) is 0 Å². The Hall–Kier alpha value is -1.89. The molecule has 0 aliphatic heterocycles. The zero-order valence-corrected chi connectivity index (χ0v) is 11.2. The van der Waals surface area contributed by atoms with Crippen LogP contribution in [0.4, 0.5) is 4.39 Å². The molecule has 1 aromatic carbocycles. The number of thioether (sulfide) groups is 1. The van der Waals surface area contributed by atoms with Crippen molar-refractivity contribution in [2.75, 3.05) is 0 Å². The minimum atomic E-state index is -1.08. The van der Waals surface area contributed by atoms with E-state index in [1.807, 2.05) is 0 Å². The van der Waals surface area contributed by atoms with Crippen molar-refractivity contribution in [1.82, 2.24) is 10.1 Å². The molecule has 0 saturated heterocycles. The molecule has 1 fully saturated rings. The van der Waals surface area contributed by atoms with Crippen LogP contribution in [0.25, 0.3) is 0 Å². The van der Waals surface area contributed by atoms with Gasteiger partial charge in [-0.15, -0.1) is 11.8 Å². The number of halogens is 1. The fourth-order valence-electron chi connectivity index (χ4n) is 1.72. The second-order valence-electron chi connectivity index (χ2n) is 4.56. The number of aromatic nitrogens is 2. The maximum absolute atomic E-state index is 13.6. The molecule has 0 spiro atoms. The number of nitrogens with zero attached hydrogens (tertiary/aromatic N) is 2. The summed E-state index contributed by atoms with van der Waals surface area (Å²) < 4.78 is 18.7. The van der Waals surface area contributed by atoms with Crippen molar-refractivity contribution in [3.05, 3.63) is 41.3 Å². The molecule has 1 saturated carbocycles. The normalized spacial score (nSPS) is 14.4. The van der Waals surface area contributed by atoms with Gasteiger partial charge in [0.05, 0.1) is 11.3 Å². The van der Waals surface area contributed by atoms with Gasteiger partial charge >= 0.3 is 5.97 Å². The molecule has 0 atom stereocenters. The Morgan fingerprint density at radius 2 is 2.30 bits per heavy atom. The third-order valence-electron chi connectivity index (χ3n) is 2.96. The summed E-state index contributed by atoms with van der Waals surface area (Å²) in [6.45, 7) is 0. The van der Waals surface area contributed by atoms with Gasteiger partial charge in [-0.05, 0) is 31.0 Å². The molecular weight excluding hydrogens is 283 g/mol. The maximum Gasteiger partial charge on any atom is 0.335 e. The first kappa shape index (κ1) is 13.1. The summed E-state index contributed by atoms with van der Waals surface area (Å²) in [5.41, 5.74) is 0.0538. The van der Waals surface area contributed by atoms with Crippen molar-refractivity contribution in [1.29, 1.82) is 0 Å².